The summed E-state index contributed by atoms with van der Waals surface area (Å²) in [5.41, 5.74) is 2.97. The zero-order valence-electron chi connectivity index (χ0n) is 11.3. The number of aryl methyl sites for hydroxylation is 1. The van der Waals surface area contributed by atoms with Crippen molar-refractivity contribution in [2.45, 2.75) is 53.4 Å². The summed E-state index contributed by atoms with van der Waals surface area (Å²) in [5.74, 6) is 1.59. The van der Waals surface area contributed by atoms with E-state index in [1.165, 1.54) is 36.8 Å². The second-order valence-electron chi connectivity index (χ2n) is 5.70. The average Bonchev–Trinajstić information content (AvgIpc) is 2.19. The molecule has 0 saturated heterocycles. The van der Waals surface area contributed by atoms with Gasteiger partial charge in [0.05, 0.1) is 0 Å². The standard InChI is InChI=1S/C16H26/c1-13(2)6-5-7-15-8-10-16(11-9-15)12-14(3)4/h8-11,13-14H,5-7,12H2,1-4H3. The highest BCUT2D eigenvalue weighted by molar-refractivity contribution is 5.22. The smallest absolute Gasteiger partial charge is 0.0256 e. The lowest BCUT2D eigenvalue weighted by atomic mass is 9.99. The summed E-state index contributed by atoms with van der Waals surface area (Å²) in [4.78, 5) is 0. The molecule has 0 bridgehead atoms. The van der Waals surface area contributed by atoms with Crippen molar-refractivity contribution in [1.29, 1.82) is 0 Å². The maximum absolute atomic E-state index is 2.30. The summed E-state index contributed by atoms with van der Waals surface area (Å²) in [5, 5.41) is 0. The van der Waals surface area contributed by atoms with Crippen molar-refractivity contribution < 1.29 is 0 Å². The quantitative estimate of drug-likeness (QED) is 0.639. The first-order chi connectivity index (χ1) is 7.58. The Balaban J connectivity index is 2.39. The summed E-state index contributed by atoms with van der Waals surface area (Å²) in [7, 11) is 0. The molecule has 0 heterocycles. The van der Waals surface area contributed by atoms with Gasteiger partial charge in [0.2, 0.25) is 0 Å². The Morgan fingerprint density at radius 2 is 1.38 bits per heavy atom. The van der Waals surface area contributed by atoms with E-state index in [1.54, 1.807) is 0 Å². The first kappa shape index (κ1) is 13.3. The van der Waals surface area contributed by atoms with Crippen LogP contribution in [0.3, 0.4) is 0 Å². The molecule has 1 rings (SSSR count). The van der Waals surface area contributed by atoms with Gasteiger partial charge in [0.25, 0.3) is 0 Å². The Morgan fingerprint density at radius 1 is 0.812 bits per heavy atom. The van der Waals surface area contributed by atoms with Gasteiger partial charge in [-0.25, -0.2) is 0 Å². The molecule has 1 aromatic carbocycles. The van der Waals surface area contributed by atoms with Crippen molar-refractivity contribution >= 4 is 0 Å². The van der Waals surface area contributed by atoms with Gasteiger partial charge >= 0.3 is 0 Å². The lowest BCUT2D eigenvalue weighted by Crippen LogP contribution is -1.95. The van der Waals surface area contributed by atoms with Crippen LogP contribution in [0.1, 0.15) is 51.7 Å². The summed E-state index contributed by atoms with van der Waals surface area (Å²) in [6.07, 6.45) is 5.10. The van der Waals surface area contributed by atoms with E-state index >= 15 is 0 Å². The Bertz CT molecular complexity index is 279. The second kappa shape index (κ2) is 6.73. The third kappa shape index (κ3) is 5.34. The Morgan fingerprint density at radius 3 is 1.88 bits per heavy atom. The Hall–Kier alpha value is -0.780. The molecular weight excluding hydrogens is 192 g/mol. The topological polar surface area (TPSA) is 0 Å². The first-order valence-electron chi connectivity index (χ1n) is 6.65. The minimum atomic E-state index is 0.756. The lowest BCUT2D eigenvalue weighted by Gasteiger charge is -2.07. The molecule has 0 nitrogen and oxygen atoms in total. The third-order valence-electron chi connectivity index (χ3n) is 2.91. The van der Waals surface area contributed by atoms with Gasteiger partial charge in [0.1, 0.15) is 0 Å². The maximum atomic E-state index is 2.30. The molecule has 0 amide bonds. The second-order valence-corrected chi connectivity index (χ2v) is 5.70. The highest BCUT2D eigenvalue weighted by atomic mass is 14.0. The molecule has 90 valence electrons. The van der Waals surface area contributed by atoms with Crippen molar-refractivity contribution in [3.63, 3.8) is 0 Å². The number of hydrogen-bond donors (Lipinski definition) is 0. The van der Waals surface area contributed by atoms with E-state index in [9.17, 15) is 0 Å². The minimum Gasteiger partial charge on any atom is -0.0628 e. The van der Waals surface area contributed by atoms with Crippen LogP contribution < -0.4 is 0 Å². The average molecular weight is 218 g/mol. The fourth-order valence-electron chi connectivity index (χ4n) is 2.03. The zero-order valence-corrected chi connectivity index (χ0v) is 11.3. The van der Waals surface area contributed by atoms with Gasteiger partial charge in [-0.05, 0) is 42.2 Å². The summed E-state index contributed by atoms with van der Waals surface area (Å²) >= 11 is 0. The largest absolute Gasteiger partial charge is 0.0628 e. The summed E-state index contributed by atoms with van der Waals surface area (Å²) in [6, 6.07) is 9.20. The van der Waals surface area contributed by atoms with Crippen LogP contribution >= 0.6 is 0 Å². The van der Waals surface area contributed by atoms with Crippen LogP contribution in [0.25, 0.3) is 0 Å². The summed E-state index contributed by atoms with van der Waals surface area (Å²) in [6.45, 7) is 9.14. The third-order valence-corrected chi connectivity index (χ3v) is 2.91. The molecule has 0 fully saturated rings. The fraction of sp³-hybridized carbons (Fsp3) is 0.625. The molecule has 0 radical (unpaired) electrons. The molecule has 0 unspecified atom stereocenters. The number of benzene rings is 1. The molecule has 0 spiro atoms. The van der Waals surface area contributed by atoms with Gasteiger partial charge in [-0.1, -0.05) is 58.4 Å². The highest BCUT2D eigenvalue weighted by Crippen LogP contribution is 2.13. The van der Waals surface area contributed by atoms with E-state index in [4.69, 9.17) is 0 Å². The van der Waals surface area contributed by atoms with Crippen LogP contribution in [0, 0.1) is 11.8 Å². The SMILES string of the molecule is CC(C)CCCc1ccc(CC(C)C)cc1. The van der Waals surface area contributed by atoms with Crippen molar-refractivity contribution in [3.05, 3.63) is 35.4 Å². The maximum Gasteiger partial charge on any atom is -0.0256 e. The molecule has 16 heavy (non-hydrogen) atoms. The minimum absolute atomic E-state index is 0.756. The van der Waals surface area contributed by atoms with Crippen molar-refractivity contribution in [2.75, 3.05) is 0 Å². The Labute approximate surface area is 101 Å². The van der Waals surface area contributed by atoms with Crippen molar-refractivity contribution in [1.82, 2.24) is 0 Å². The van der Waals surface area contributed by atoms with Gasteiger partial charge in [-0.2, -0.15) is 0 Å². The molecule has 0 aliphatic heterocycles. The molecule has 1 aromatic rings. The summed E-state index contributed by atoms with van der Waals surface area (Å²) < 4.78 is 0. The van der Waals surface area contributed by atoms with Gasteiger partial charge in [0.15, 0.2) is 0 Å². The van der Waals surface area contributed by atoms with E-state index in [1.807, 2.05) is 0 Å². The highest BCUT2D eigenvalue weighted by Gasteiger charge is 1.99. The first-order valence-corrected chi connectivity index (χ1v) is 6.65. The van der Waals surface area contributed by atoms with Crippen LogP contribution in [-0.4, -0.2) is 0 Å². The number of rotatable bonds is 6. The normalized spacial score (nSPS) is 11.4. The Kier molecular flexibility index (Phi) is 5.59. The molecule has 0 aliphatic rings. The van der Waals surface area contributed by atoms with Crippen LogP contribution in [0.15, 0.2) is 24.3 Å². The van der Waals surface area contributed by atoms with E-state index in [2.05, 4.69) is 52.0 Å². The molecular formula is C16H26. The van der Waals surface area contributed by atoms with Crippen LogP contribution in [0.2, 0.25) is 0 Å². The lowest BCUT2D eigenvalue weighted by molar-refractivity contribution is 0.555. The van der Waals surface area contributed by atoms with Crippen LogP contribution in [0.5, 0.6) is 0 Å². The monoisotopic (exact) mass is 218 g/mol. The molecule has 0 atom stereocenters. The molecule has 0 N–H and O–H groups in total. The molecule has 0 aliphatic carbocycles. The van der Waals surface area contributed by atoms with E-state index < -0.39 is 0 Å². The molecule has 0 heteroatoms. The van der Waals surface area contributed by atoms with E-state index in [-0.39, 0.29) is 0 Å². The number of hydrogen-bond acceptors (Lipinski definition) is 0. The predicted molar refractivity (Wildman–Crippen MR) is 72.8 cm³/mol. The molecule has 0 aromatic heterocycles. The van der Waals surface area contributed by atoms with Crippen molar-refractivity contribution in [2.24, 2.45) is 11.8 Å². The van der Waals surface area contributed by atoms with Crippen LogP contribution in [-0.2, 0) is 12.8 Å². The molecule has 0 saturated carbocycles. The fourth-order valence-corrected chi connectivity index (χ4v) is 2.03. The van der Waals surface area contributed by atoms with Crippen molar-refractivity contribution in [3.8, 4) is 0 Å². The predicted octanol–water partition coefficient (Wildman–Crippen LogP) is 4.86. The van der Waals surface area contributed by atoms with E-state index in [0.717, 1.165) is 11.8 Å². The van der Waals surface area contributed by atoms with E-state index in [0.29, 0.717) is 0 Å². The van der Waals surface area contributed by atoms with Gasteiger partial charge in [-0.3, -0.25) is 0 Å². The van der Waals surface area contributed by atoms with Gasteiger partial charge < -0.3 is 0 Å². The van der Waals surface area contributed by atoms with Gasteiger partial charge in [-0.15, -0.1) is 0 Å². The van der Waals surface area contributed by atoms with Gasteiger partial charge in [0, 0.05) is 0 Å². The van der Waals surface area contributed by atoms with Crippen LogP contribution in [0.4, 0.5) is 0 Å². The zero-order chi connectivity index (χ0) is 12.0.